The van der Waals surface area contributed by atoms with Gasteiger partial charge in [0.15, 0.2) is 12.2 Å². The zero-order valence-corrected chi connectivity index (χ0v) is 19.9. The SMILES string of the molecule is CC1(C)CN([C@@H]2C[C@@H](c3ccccc3)c3ccc(Cl)cc32)CCN1.O=C(O)C(O)C(O)C(=O)O. The minimum atomic E-state index is -2.27. The van der Waals surface area contributed by atoms with Crippen LogP contribution in [0.3, 0.4) is 0 Å². The highest BCUT2D eigenvalue weighted by Gasteiger charge is 2.38. The molecule has 0 saturated carbocycles. The van der Waals surface area contributed by atoms with Crippen LogP contribution in [0.2, 0.25) is 5.02 Å². The summed E-state index contributed by atoms with van der Waals surface area (Å²) < 4.78 is 0. The highest BCUT2D eigenvalue weighted by atomic mass is 35.5. The highest BCUT2D eigenvalue weighted by Crippen LogP contribution is 2.47. The van der Waals surface area contributed by atoms with Gasteiger partial charge in [0.25, 0.3) is 0 Å². The number of benzene rings is 2. The van der Waals surface area contributed by atoms with Gasteiger partial charge in [0.1, 0.15) is 0 Å². The second-order valence-corrected chi connectivity index (χ2v) is 9.77. The van der Waals surface area contributed by atoms with Gasteiger partial charge in [-0.3, -0.25) is 4.90 Å². The van der Waals surface area contributed by atoms with Gasteiger partial charge in [-0.2, -0.15) is 0 Å². The number of aliphatic hydroxyl groups is 2. The van der Waals surface area contributed by atoms with Crippen LogP contribution >= 0.6 is 11.6 Å². The summed E-state index contributed by atoms with van der Waals surface area (Å²) in [5.41, 5.74) is 4.46. The molecular formula is C25H31ClN2O6. The van der Waals surface area contributed by atoms with Gasteiger partial charge in [-0.25, -0.2) is 9.59 Å². The lowest BCUT2D eigenvalue weighted by molar-refractivity contribution is -0.165. The largest absolute Gasteiger partial charge is 0.479 e. The van der Waals surface area contributed by atoms with Crippen LogP contribution in [0.5, 0.6) is 0 Å². The molecule has 5 N–H and O–H groups in total. The van der Waals surface area contributed by atoms with Crippen molar-refractivity contribution in [2.45, 2.75) is 50.0 Å². The zero-order valence-electron chi connectivity index (χ0n) is 19.2. The minimum Gasteiger partial charge on any atom is -0.479 e. The molecule has 2 unspecified atom stereocenters. The standard InChI is InChI=1S/C21H25ClN2.C4H6O6/c1-21(2)14-24(11-10-23-21)20-13-18(15-6-4-3-5-7-15)17-9-8-16(22)12-19(17)20;5-1(3(7)8)2(6)4(9)10/h3-9,12,18,20,23H,10-11,13-14H2,1-2H3;1-2,5-6H,(H,7,8)(H,9,10)/t18-,20+;/m0./s1. The maximum absolute atomic E-state index is 9.77. The number of nitrogens with one attached hydrogen (secondary N) is 1. The summed E-state index contributed by atoms with van der Waals surface area (Å²) >= 11 is 6.35. The molecule has 1 saturated heterocycles. The number of piperazine rings is 1. The molecule has 34 heavy (non-hydrogen) atoms. The molecule has 2 aliphatic rings. The Morgan fingerprint density at radius 1 is 1.03 bits per heavy atom. The van der Waals surface area contributed by atoms with Crippen LogP contribution in [0.1, 0.15) is 48.9 Å². The third kappa shape index (κ3) is 6.14. The second kappa shape index (κ2) is 10.8. The number of hydrogen-bond donors (Lipinski definition) is 5. The summed E-state index contributed by atoms with van der Waals surface area (Å²) in [4.78, 5) is 22.2. The maximum Gasteiger partial charge on any atom is 0.335 e. The number of fused-ring (bicyclic) bond motifs is 1. The summed E-state index contributed by atoms with van der Waals surface area (Å²) in [6.07, 6.45) is -3.38. The topological polar surface area (TPSA) is 130 Å². The first kappa shape index (κ1) is 26.1. The third-order valence-corrected chi connectivity index (χ3v) is 6.53. The fourth-order valence-corrected chi connectivity index (χ4v) is 4.87. The third-order valence-electron chi connectivity index (χ3n) is 6.29. The Bertz CT molecular complexity index is 998. The van der Waals surface area contributed by atoms with E-state index in [2.05, 4.69) is 66.5 Å². The van der Waals surface area contributed by atoms with Gasteiger partial charge in [-0.15, -0.1) is 0 Å². The van der Waals surface area contributed by atoms with Crippen LogP contribution < -0.4 is 5.32 Å². The molecule has 0 amide bonds. The molecule has 0 aromatic heterocycles. The van der Waals surface area contributed by atoms with Crippen molar-refractivity contribution in [3.63, 3.8) is 0 Å². The van der Waals surface area contributed by atoms with Crippen LogP contribution in [0.4, 0.5) is 0 Å². The van der Waals surface area contributed by atoms with E-state index < -0.39 is 24.1 Å². The number of carboxylic acid groups (broad SMARTS) is 2. The molecule has 2 aromatic carbocycles. The number of aliphatic hydroxyl groups excluding tert-OH is 2. The van der Waals surface area contributed by atoms with E-state index >= 15 is 0 Å². The van der Waals surface area contributed by atoms with E-state index in [1.807, 2.05) is 6.07 Å². The summed E-state index contributed by atoms with van der Waals surface area (Å²) in [6, 6.07) is 17.8. The van der Waals surface area contributed by atoms with Crippen molar-refractivity contribution < 1.29 is 30.0 Å². The van der Waals surface area contributed by atoms with Crippen LogP contribution in [0.25, 0.3) is 0 Å². The molecule has 0 spiro atoms. The van der Waals surface area contributed by atoms with Gasteiger partial charge in [-0.05, 0) is 49.1 Å². The van der Waals surface area contributed by atoms with E-state index in [-0.39, 0.29) is 5.54 Å². The molecule has 9 heteroatoms. The number of aliphatic carboxylic acids is 2. The van der Waals surface area contributed by atoms with Gasteiger partial charge < -0.3 is 25.7 Å². The number of nitrogens with zero attached hydrogens (tertiary/aromatic N) is 1. The smallest absolute Gasteiger partial charge is 0.335 e. The molecule has 0 radical (unpaired) electrons. The Labute approximate surface area is 203 Å². The van der Waals surface area contributed by atoms with Gasteiger partial charge in [0, 0.05) is 42.2 Å². The van der Waals surface area contributed by atoms with Crippen LogP contribution in [-0.4, -0.2) is 74.6 Å². The van der Waals surface area contributed by atoms with Crippen molar-refractivity contribution >= 4 is 23.5 Å². The van der Waals surface area contributed by atoms with E-state index in [9.17, 15) is 9.59 Å². The predicted octanol–water partition coefficient (Wildman–Crippen LogP) is 2.48. The molecule has 1 aliphatic heterocycles. The van der Waals surface area contributed by atoms with Gasteiger partial charge in [-0.1, -0.05) is 48.0 Å². The lowest BCUT2D eigenvalue weighted by Gasteiger charge is -2.42. The van der Waals surface area contributed by atoms with Crippen LogP contribution in [0, 0.1) is 0 Å². The number of rotatable bonds is 5. The quantitative estimate of drug-likeness (QED) is 0.432. The van der Waals surface area contributed by atoms with Crippen molar-refractivity contribution in [2.24, 2.45) is 0 Å². The van der Waals surface area contributed by atoms with Crippen molar-refractivity contribution in [1.29, 1.82) is 0 Å². The predicted molar refractivity (Wildman–Crippen MR) is 128 cm³/mol. The Morgan fingerprint density at radius 3 is 2.21 bits per heavy atom. The molecule has 8 nitrogen and oxygen atoms in total. The fraction of sp³-hybridized carbons (Fsp3) is 0.440. The van der Waals surface area contributed by atoms with Crippen molar-refractivity contribution in [3.05, 3.63) is 70.2 Å². The fourth-order valence-electron chi connectivity index (χ4n) is 4.69. The van der Waals surface area contributed by atoms with E-state index in [1.165, 1.54) is 16.7 Å². The summed E-state index contributed by atoms with van der Waals surface area (Å²) in [7, 11) is 0. The van der Waals surface area contributed by atoms with E-state index in [0.717, 1.165) is 31.1 Å². The summed E-state index contributed by atoms with van der Waals surface area (Å²) in [6.45, 7) is 7.81. The molecular weight excluding hydrogens is 460 g/mol. The number of carboxylic acids is 2. The Kier molecular flexibility index (Phi) is 8.33. The lowest BCUT2D eigenvalue weighted by atomic mass is 9.93. The Balaban J connectivity index is 0.000000277. The van der Waals surface area contributed by atoms with Crippen LogP contribution in [0.15, 0.2) is 48.5 Å². The zero-order chi connectivity index (χ0) is 25.0. The molecule has 4 atom stereocenters. The molecule has 1 fully saturated rings. The molecule has 184 valence electrons. The molecule has 1 aliphatic carbocycles. The summed E-state index contributed by atoms with van der Waals surface area (Å²) in [5, 5.41) is 37.0. The van der Waals surface area contributed by atoms with Crippen LogP contribution in [-0.2, 0) is 9.59 Å². The Morgan fingerprint density at radius 2 is 1.65 bits per heavy atom. The maximum atomic E-state index is 9.77. The first-order chi connectivity index (χ1) is 16.0. The van der Waals surface area contributed by atoms with Gasteiger partial charge >= 0.3 is 11.9 Å². The average molecular weight is 491 g/mol. The van der Waals surface area contributed by atoms with E-state index in [0.29, 0.717) is 12.0 Å². The molecule has 1 heterocycles. The van der Waals surface area contributed by atoms with E-state index in [1.54, 1.807) is 0 Å². The first-order valence-electron chi connectivity index (χ1n) is 11.2. The molecule has 0 bridgehead atoms. The van der Waals surface area contributed by atoms with Gasteiger partial charge in [0.2, 0.25) is 0 Å². The average Bonchev–Trinajstić information content (AvgIpc) is 3.17. The second-order valence-electron chi connectivity index (χ2n) is 9.34. The van der Waals surface area contributed by atoms with Crippen molar-refractivity contribution in [2.75, 3.05) is 19.6 Å². The minimum absolute atomic E-state index is 0.168. The van der Waals surface area contributed by atoms with Crippen molar-refractivity contribution in [3.8, 4) is 0 Å². The first-order valence-corrected chi connectivity index (χ1v) is 11.5. The number of halogens is 1. The lowest BCUT2D eigenvalue weighted by Crippen LogP contribution is -2.57. The Hall–Kier alpha value is -2.49. The molecule has 4 rings (SSSR count). The van der Waals surface area contributed by atoms with Gasteiger partial charge in [0.05, 0.1) is 0 Å². The monoisotopic (exact) mass is 490 g/mol. The normalized spacial score (nSPS) is 23.2. The number of carbonyl (C=O) groups is 2. The summed E-state index contributed by atoms with van der Waals surface area (Å²) in [5.74, 6) is -3.06. The molecule has 2 aromatic rings. The van der Waals surface area contributed by atoms with Crippen molar-refractivity contribution in [1.82, 2.24) is 10.2 Å². The highest BCUT2D eigenvalue weighted by molar-refractivity contribution is 6.30. The van der Waals surface area contributed by atoms with E-state index in [4.69, 9.17) is 32.0 Å². The number of hydrogen-bond acceptors (Lipinski definition) is 6.